The monoisotopic (exact) mass is 407 g/mol. The Bertz CT molecular complexity index is 1060. The summed E-state index contributed by atoms with van der Waals surface area (Å²) in [7, 11) is 1.72. The van der Waals surface area contributed by atoms with Gasteiger partial charge in [0.2, 0.25) is 0 Å². The van der Waals surface area contributed by atoms with Gasteiger partial charge in [0.15, 0.2) is 10.9 Å². The number of ketones is 1. The van der Waals surface area contributed by atoms with E-state index in [1.165, 1.54) is 11.1 Å². The maximum absolute atomic E-state index is 13.1. The number of methoxy groups -OCH3 is 1. The molecule has 3 aromatic rings. The zero-order valence-corrected chi connectivity index (χ0v) is 17.4. The number of carbonyl (C=O) groups excluding carboxylic acids is 1. The van der Waals surface area contributed by atoms with Gasteiger partial charge in [-0.05, 0) is 54.2 Å². The number of benzene rings is 2. The number of nitrogens with zero attached hydrogens (tertiary/aromatic N) is 2. The Morgan fingerprint density at radius 3 is 2.97 bits per heavy atom. The molecule has 6 heteroatoms. The molecule has 1 saturated heterocycles. The number of aromatic nitrogens is 1. The van der Waals surface area contributed by atoms with Gasteiger partial charge in [0.05, 0.1) is 17.3 Å². The van der Waals surface area contributed by atoms with Crippen molar-refractivity contribution >= 4 is 32.5 Å². The van der Waals surface area contributed by atoms with Crippen LogP contribution in [0.25, 0.3) is 10.2 Å². The van der Waals surface area contributed by atoms with Crippen LogP contribution in [0.4, 0.5) is 5.13 Å². The molecule has 5 rings (SSSR count). The Kier molecular flexibility index (Phi) is 4.97. The molecule has 2 aliphatic rings. The van der Waals surface area contributed by atoms with Crippen molar-refractivity contribution in [2.45, 2.75) is 25.2 Å². The molecule has 0 saturated carbocycles. The average Bonchev–Trinajstić information content (AvgIpc) is 3.38. The van der Waals surface area contributed by atoms with E-state index in [2.05, 4.69) is 16.3 Å². The van der Waals surface area contributed by atoms with Gasteiger partial charge in [-0.3, -0.25) is 4.79 Å². The fraction of sp³-hybridized carbons (Fsp3) is 0.391. The number of nitrogens with one attached hydrogen (secondary N) is 1. The summed E-state index contributed by atoms with van der Waals surface area (Å²) in [5, 5.41) is 4.43. The lowest BCUT2D eigenvalue weighted by molar-refractivity contribution is 0.0973. The van der Waals surface area contributed by atoms with Gasteiger partial charge in [-0.25, -0.2) is 4.98 Å². The summed E-state index contributed by atoms with van der Waals surface area (Å²) in [4.78, 5) is 20.2. The van der Waals surface area contributed by atoms with Crippen LogP contribution >= 0.6 is 11.3 Å². The molecule has 1 aromatic heterocycles. The second-order valence-electron chi connectivity index (χ2n) is 7.81. The van der Waals surface area contributed by atoms with Crippen LogP contribution in [0, 0.1) is 0 Å². The Morgan fingerprint density at radius 2 is 2.14 bits per heavy atom. The molecule has 0 spiro atoms. The number of Topliss-reactive ketones (excluding diaryl/α,β-unsaturated/α-hetero) is 1. The third kappa shape index (κ3) is 3.51. The maximum Gasteiger partial charge on any atom is 0.186 e. The summed E-state index contributed by atoms with van der Waals surface area (Å²) in [5.74, 6) is 1.44. The minimum atomic E-state index is 0.213. The molecule has 1 N–H and O–H groups in total. The number of ether oxygens (including phenoxy) is 1. The first-order chi connectivity index (χ1) is 14.2. The summed E-state index contributed by atoms with van der Waals surface area (Å²) in [6.45, 7) is 3.95. The van der Waals surface area contributed by atoms with E-state index in [0.717, 1.165) is 65.7 Å². The molecule has 0 unspecified atom stereocenters. The van der Waals surface area contributed by atoms with Gasteiger partial charge < -0.3 is 15.0 Å². The van der Waals surface area contributed by atoms with Crippen LogP contribution in [0.5, 0.6) is 5.75 Å². The molecule has 2 heterocycles. The van der Waals surface area contributed by atoms with Crippen LogP contribution in [0.2, 0.25) is 0 Å². The number of hydrogen-bond acceptors (Lipinski definition) is 6. The number of carbonyl (C=O) groups is 1. The highest BCUT2D eigenvalue weighted by atomic mass is 32.1. The normalized spacial score (nSPS) is 18.8. The highest BCUT2D eigenvalue weighted by molar-refractivity contribution is 7.22. The van der Waals surface area contributed by atoms with E-state index in [-0.39, 0.29) is 11.7 Å². The van der Waals surface area contributed by atoms with Crippen LogP contribution in [0.3, 0.4) is 0 Å². The predicted octanol–water partition coefficient (Wildman–Crippen LogP) is 4.02. The summed E-state index contributed by atoms with van der Waals surface area (Å²) in [5.41, 5.74) is 4.32. The first kappa shape index (κ1) is 18.6. The molecule has 1 fully saturated rings. The fourth-order valence-electron chi connectivity index (χ4n) is 4.53. The SMILES string of the molecule is COc1cccc2c1CC[C@@H]2CC(=O)c1ccc2nc(N3CCNCC3)sc2c1. The van der Waals surface area contributed by atoms with E-state index in [4.69, 9.17) is 9.72 Å². The maximum atomic E-state index is 13.1. The van der Waals surface area contributed by atoms with Crippen molar-refractivity contribution in [2.75, 3.05) is 38.2 Å². The fourth-order valence-corrected chi connectivity index (χ4v) is 5.59. The number of hydrogen-bond donors (Lipinski definition) is 1. The van der Waals surface area contributed by atoms with Gasteiger partial charge in [0.25, 0.3) is 0 Å². The predicted molar refractivity (Wildman–Crippen MR) is 118 cm³/mol. The third-order valence-electron chi connectivity index (χ3n) is 6.09. The van der Waals surface area contributed by atoms with Crippen LogP contribution in [-0.2, 0) is 6.42 Å². The minimum Gasteiger partial charge on any atom is -0.496 e. The average molecular weight is 408 g/mol. The van der Waals surface area contributed by atoms with Crippen molar-refractivity contribution in [2.24, 2.45) is 0 Å². The van der Waals surface area contributed by atoms with E-state index in [1.54, 1.807) is 18.4 Å². The lowest BCUT2D eigenvalue weighted by atomic mass is 9.93. The molecule has 1 aliphatic heterocycles. The zero-order chi connectivity index (χ0) is 19.8. The van der Waals surface area contributed by atoms with Crippen molar-refractivity contribution in [1.29, 1.82) is 0 Å². The van der Waals surface area contributed by atoms with Gasteiger partial charge in [-0.1, -0.05) is 23.5 Å². The number of piperazine rings is 1. The molecule has 5 nitrogen and oxygen atoms in total. The van der Waals surface area contributed by atoms with Gasteiger partial charge >= 0.3 is 0 Å². The van der Waals surface area contributed by atoms with Gasteiger partial charge in [0, 0.05) is 38.2 Å². The van der Waals surface area contributed by atoms with Gasteiger partial charge in [0.1, 0.15) is 5.75 Å². The summed E-state index contributed by atoms with van der Waals surface area (Å²) in [6.07, 6.45) is 2.55. The Morgan fingerprint density at radius 1 is 1.28 bits per heavy atom. The first-order valence-electron chi connectivity index (χ1n) is 10.3. The van der Waals surface area contributed by atoms with Crippen molar-refractivity contribution in [1.82, 2.24) is 10.3 Å². The van der Waals surface area contributed by atoms with Crippen molar-refractivity contribution < 1.29 is 9.53 Å². The van der Waals surface area contributed by atoms with Crippen LogP contribution in [-0.4, -0.2) is 44.1 Å². The topological polar surface area (TPSA) is 54.5 Å². The standard InChI is InChI=1S/C23H25N3O2S/c1-28-21-4-2-3-17-15(5-7-18(17)21)13-20(27)16-6-8-19-22(14-16)29-23(25-19)26-11-9-24-10-12-26/h2-4,6,8,14-15,24H,5,7,9-13H2,1H3/t15-/m1/s1. The van der Waals surface area contributed by atoms with E-state index >= 15 is 0 Å². The molecular weight excluding hydrogens is 382 g/mol. The van der Waals surface area contributed by atoms with Gasteiger partial charge in [-0.2, -0.15) is 0 Å². The number of anilines is 1. The molecule has 0 amide bonds. The summed E-state index contributed by atoms with van der Waals surface area (Å²) in [6, 6.07) is 12.2. The smallest absolute Gasteiger partial charge is 0.186 e. The molecule has 2 aromatic carbocycles. The van der Waals surface area contributed by atoms with E-state index in [0.29, 0.717) is 6.42 Å². The lowest BCUT2D eigenvalue weighted by Gasteiger charge is -2.26. The highest BCUT2D eigenvalue weighted by Crippen LogP contribution is 2.40. The highest BCUT2D eigenvalue weighted by Gasteiger charge is 2.27. The molecular formula is C23H25N3O2S. The van der Waals surface area contributed by atoms with E-state index < -0.39 is 0 Å². The second-order valence-corrected chi connectivity index (χ2v) is 8.82. The third-order valence-corrected chi connectivity index (χ3v) is 7.17. The van der Waals surface area contributed by atoms with Crippen molar-refractivity contribution in [3.05, 3.63) is 53.1 Å². The Balaban J connectivity index is 1.35. The lowest BCUT2D eigenvalue weighted by Crippen LogP contribution is -2.43. The first-order valence-corrected chi connectivity index (χ1v) is 11.1. The minimum absolute atomic E-state index is 0.213. The van der Waals surface area contributed by atoms with Crippen LogP contribution in [0.1, 0.15) is 40.2 Å². The van der Waals surface area contributed by atoms with Crippen molar-refractivity contribution in [3.63, 3.8) is 0 Å². The van der Waals surface area contributed by atoms with Crippen LogP contribution < -0.4 is 15.0 Å². The summed E-state index contributed by atoms with van der Waals surface area (Å²) >= 11 is 1.69. The molecule has 29 heavy (non-hydrogen) atoms. The Hall–Kier alpha value is -2.44. The number of rotatable bonds is 5. The largest absolute Gasteiger partial charge is 0.496 e. The molecule has 1 aliphatic carbocycles. The number of fused-ring (bicyclic) bond motifs is 2. The zero-order valence-electron chi connectivity index (χ0n) is 16.6. The molecule has 1 atom stereocenters. The van der Waals surface area contributed by atoms with Crippen molar-refractivity contribution in [3.8, 4) is 5.75 Å². The quantitative estimate of drug-likeness (QED) is 0.648. The molecule has 150 valence electrons. The van der Waals surface area contributed by atoms with E-state index in [1.807, 2.05) is 30.3 Å². The second kappa shape index (κ2) is 7.76. The van der Waals surface area contributed by atoms with Crippen LogP contribution in [0.15, 0.2) is 36.4 Å². The Labute approximate surface area is 174 Å². The van der Waals surface area contributed by atoms with Gasteiger partial charge in [-0.15, -0.1) is 0 Å². The summed E-state index contributed by atoms with van der Waals surface area (Å²) < 4.78 is 6.59. The van der Waals surface area contributed by atoms with E-state index in [9.17, 15) is 4.79 Å². The molecule has 0 bridgehead atoms. The number of thiazole rings is 1. The molecule has 0 radical (unpaired) electrons.